The second kappa shape index (κ2) is 4.66. The highest BCUT2D eigenvalue weighted by atomic mass is 79.9. The van der Waals surface area contributed by atoms with Gasteiger partial charge in [0.25, 0.3) is 0 Å². The number of anilines is 1. The van der Waals surface area contributed by atoms with E-state index in [9.17, 15) is 4.39 Å². The first-order valence-electron chi connectivity index (χ1n) is 4.86. The highest BCUT2D eigenvalue weighted by molar-refractivity contribution is 9.09. The summed E-state index contributed by atoms with van der Waals surface area (Å²) < 4.78 is 13.6. The smallest absolute Gasteiger partial charge is 0.167 e. The monoisotopic (exact) mass is 292 g/mol. The fourth-order valence-corrected chi connectivity index (χ4v) is 2.71. The molecule has 0 radical (unpaired) electrons. The van der Waals surface area contributed by atoms with E-state index in [4.69, 9.17) is 11.6 Å². The van der Waals surface area contributed by atoms with Gasteiger partial charge in [-0.05, 0) is 18.9 Å². The Morgan fingerprint density at radius 2 is 2.47 bits per heavy atom. The molecule has 2 nitrogen and oxygen atoms in total. The van der Waals surface area contributed by atoms with E-state index >= 15 is 0 Å². The number of hydrogen-bond acceptors (Lipinski definition) is 2. The molecule has 1 aromatic heterocycles. The third-order valence-corrected chi connectivity index (χ3v) is 3.57. The number of halogens is 3. The quantitative estimate of drug-likeness (QED) is 0.778. The lowest BCUT2D eigenvalue weighted by atomic mass is 10.2. The SMILES string of the molecule is Fc1cc(Cl)cnc1N1CCCC1CBr. The Hall–Kier alpha value is -0.350. The standard InChI is InChI=1S/C10H11BrClFN2/c11-5-8-2-1-3-15(8)10-9(13)4-7(12)6-14-10/h4,6,8H,1-3,5H2. The Kier molecular flexibility index (Phi) is 3.46. The van der Waals surface area contributed by atoms with Crippen molar-refractivity contribution in [2.75, 3.05) is 16.8 Å². The molecule has 0 aliphatic carbocycles. The van der Waals surface area contributed by atoms with Crippen LogP contribution in [0.3, 0.4) is 0 Å². The van der Waals surface area contributed by atoms with Crippen LogP contribution in [-0.2, 0) is 0 Å². The van der Waals surface area contributed by atoms with Crippen molar-refractivity contribution in [3.63, 3.8) is 0 Å². The maximum atomic E-state index is 13.6. The maximum Gasteiger partial charge on any atom is 0.167 e. The minimum atomic E-state index is -0.338. The first-order chi connectivity index (χ1) is 7.22. The largest absolute Gasteiger partial charge is 0.350 e. The van der Waals surface area contributed by atoms with Crippen molar-refractivity contribution in [2.24, 2.45) is 0 Å². The summed E-state index contributed by atoms with van der Waals surface area (Å²) >= 11 is 9.10. The van der Waals surface area contributed by atoms with Crippen LogP contribution in [0.1, 0.15) is 12.8 Å². The molecule has 2 rings (SSSR count). The molecule has 0 bridgehead atoms. The predicted molar refractivity (Wildman–Crippen MR) is 63.4 cm³/mol. The van der Waals surface area contributed by atoms with E-state index in [1.54, 1.807) is 0 Å². The van der Waals surface area contributed by atoms with Crippen LogP contribution >= 0.6 is 27.5 Å². The van der Waals surface area contributed by atoms with Crippen molar-refractivity contribution in [1.82, 2.24) is 4.98 Å². The minimum absolute atomic E-state index is 0.338. The van der Waals surface area contributed by atoms with Crippen LogP contribution in [0.25, 0.3) is 0 Å². The van der Waals surface area contributed by atoms with Crippen LogP contribution in [-0.4, -0.2) is 22.9 Å². The first kappa shape index (κ1) is 11.1. The summed E-state index contributed by atoms with van der Waals surface area (Å²) in [6, 6.07) is 1.65. The van der Waals surface area contributed by atoms with Gasteiger partial charge in [0.05, 0.1) is 5.02 Å². The lowest BCUT2D eigenvalue weighted by Crippen LogP contribution is -2.31. The molecule has 0 N–H and O–H groups in total. The summed E-state index contributed by atoms with van der Waals surface area (Å²) in [6.07, 6.45) is 3.65. The summed E-state index contributed by atoms with van der Waals surface area (Å²) in [6.45, 7) is 0.863. The van der Waals surface area contributed by atoms with Gasteiger partial charge in [0.15, 0.2) is 11.6 Å². The average molecular weight is 294 g/mol. The molecule has 0 aromatic carbocycles. The van der Waals surface area contributed by atoms with Gasteiger partial charge in [-0.25, -0.2) is 9.37 Å². The minimum Gasteiger partial charge on any atom is -0.350 e. The van der Waals surface area contributed by atoms with Crippen LogP contribution < -0.4 is 4.90 Å². The fraction of sp³-hybridized carbons (Fsp3) is 0.500. The average Bonchev–Trinajstić information content (AvgIpc) is 2.65. The number of hydrogen-bond donors (Lipinski definition) is 0. The molecule has 15 heavy (non-hydrogen) atoms. The summed E-state index contributed by atoms with van der Waals surface area (Å²) in [5.41, 5.74) is 0. The van der Waals surface area contributed by atoms with Crippen LogP contribution in [0.2, 0.25) is 5.02 Å². The number of pyridine rings is 1. The Bertz CT molecular complexity index is 361. The summed E-state index contributed by atoms with van der Waals surface area (Å²) in [7, 11) is 0. The summed E-state index contributed by atoms with van der Waals surface area (Å²) in [5, 5.41) is 1.18. The normalized spacial score (nSPS) is 21.0. The molecular formula is C10H11BrClFN2. The lowest BCUT2D eigenvalue weighted by Gasteiger charge is -2.24. The van der Waals surface area contributed by atoms with Crippen molar-refractivity contribution in [3.8, 4) is 0 Å². The van der Waals surface area contributed by atoms with Crippen molar-refractivity contribution >= 4 is 33.3 Å². The zero-order valence-electron chi connectivity index (χ0n) is 8.09. The van der Waals surface area contributed by atoms with E-state index in [0.29, 0.717) is 16.9 Å². The van der Waals surface area contributed by atoms with E-state index in [1.807, 2.05) is 4.90 Å². The molecule has 82 valence electrons. The van der Waals surface area contributed by atoms with Gasteiger partial charge in [0.2, 0.25) is 0 Å². The number of aromatic nitrogens is 1. The van der Waals surface area contributed by atoms with Crippen LogP contribution in [0.4, 0.5) is 10.2 Å². The molecule has 2 heterocycles. The van der Waals surface area contributed by atoms with Crippen LogP contribution in [0.15, 0.2) is 12.3 Å². The van der Waals surface area contributed by atoms with E-state index in [0.717, 1.165) is 24.7 Å². The molecular weight excluding hydrogens is 282 g/mol. The van der Waals surface area contributed by atoms with Gasteiger partial charge in [-0.1, -0.05) is 27.5 Å². The zero-order chi connectivity index (χ0) is 10.8. The molecule has 1 aliphatic heterocycles. The third-order valence-electron chi connectivity index (χ3n) is 2.62. The van der Waals surface area contributed by atoms with Gasteiger partial charge >= 0.3 is 0 Å². The van der Waals surface area contributed by atoms with E-state index < -0.39 is 0 Å². The molecule has 1 aliphatic rings. The molecule has 0 spiro atoms. The van der Waals surface area contributed by atoms with Crippen molar-refractivity contribution < 1.29 is 4.39 Å². The van der Waals surface area contributed by atoms with E-state index in [-0.39, 0.29) is 5.82 Å². The molecule has 1 fully saturated rings. The highest BCUT2D eigenvalue weighted by Crippen LogP contribution is 2.28. The van der Waals surface area contributed by atoms with Gasteiger partial charge in [0, 0.05) is 24.1 Å². The Balaban J connectivity index is 2.28. The summed E-state index contributed by atoms with van der Waals surface area (Å²) in [5.74, 6) is 0.0803. The molecule has 1 saturated heterocycles. The third kappa shape index (κ3) is 2.26. The van der Waals surface area contributed by atoms with E-state index in [2.05, 4.69) is 20.9 Å². The first-order valence-corrected chi connectivity index (χ1v) is 6.36. The lowest BCUT2D eigenvalue weighted by molar-refractivity contribution is 0.606. The number of alkyl halides is 1. The number of rotatable bonds is 2. The fourth-order valence-electron chi connectivity index (χ4n) is 1.89. The van der Waals surface area contributed by atoms with Crippen LogP contribution in [0, 0.1) is 5.82 Å². The van der Waals surface area contributed by atoms with Gasteiger partial charge in [-0.15, -0.1) is 0 Å². The Morgan fingerprint density at radius 1 is 1.67 bits per heavy atom. The zero-order valence-corrected chi connectivity index (χ0v) is 10.4. The van der Waals surface area contributed by atoms with Gasteiger partial charge < -0.3 is 4.90 Å². The summed E-state index contributed by atoms with van der Waals surface area (Å²) in [4.78, 5) is 6.06. The molecule has 1 atom stereocenters. The Morgan fingerprint density at radius 3 is 3.13 bits per heavy atom. The second-order valence-corrected chi connectivity index (χ2v) is 4.69. The van der Waals surface area contributed by atoms with Crippen molar-refractivity contribution in [3.05, 3.63) is 23.1 Å². The maximum absolute atomic E-state index is 13.6. The van der Waals surface area contributed by atoms with Gasteiger partial charge in [-0.3, -0.25) is 0 Å². The molecule has 1 unspecified atom stereocenters. The van der Waals surface area contributed by atoms with Gasteiger partial charge in [0.1, 0.15) is 0 Å². The molecule has 0 amide bonds. The highest BCUT2D eigenvalue weighted by Gasteiger charge is 2.26. The van der Waals surface area contributed by atoms with E-state index in [1.165, 1.54) is 12.3 Å². The topological polar surface area (TPSA) is 16.1 Å². The molecule has 1 aromatic rings. The molecule has 0 saturated carbocycles. The van der Waals surface area contributed by atoms with Crippen molar-refractivity contribution in [2.45, 2.75) is 18.9 Å². The second-order valence-electron chi connectivity index (χ2n) is 3.60. The Labute approximate surface area is 102 Å². The van der Waals surface area contributed by atoms with Crippen molar-refractivity contribution in [1.29, 1.82) is 0 Å². The van der Waals surface area contributed by atoms with Crippen LogP contribution in [0.5, 0.6) is 0 Å². The predicted octanol–water partition coefficient (Wildman–Crippen LogP) is 3.24. The number of nitrogens with zero attached hydrogens (tertiary/aromatic N) is 2. The molecule has 5 heteroatoms. The van der Waals surface area contributed by atoms with Gasteiger partial charge in [-0.2, -0.15) is 0 Å².